The lowest BCUT2D eigenvalue weighted by molar-refractivity contribution is 0.661. The molecule has 0 spiro atoms. The van der Waals surface area contributed by atoms with E-state index in [-0.39, 0.29) is 5.41 Å². The average Bonchev–Trinajstić information content (AvgIpc) is 3.57. The molecule has 1 aliphatic rings. The molecular weight excluding hydrogens is 560 g/mol. The van der Waals surface area contributed by atoms with Crippen LogP contribution in [0.15, 0.2) is 146 Å². The van der Waals surface area contributed by atoms with E-state index in [4.69, 9.17) is 15.0 Å². The first-order valence-corrected chi connectivity index (χ1v) is 15.7. The Morgan fingerprint density at radius 1 is 0.478 bits per heavy atom. The highest BCUT2D eigenvalue weighted by Gasteiger charge is 2.37. The molecule has 2 heterocycles. The van der Waals surface area contributed by atoms with Crippen LogP contribution in [0.1, 0.15) is 25.0 Å². The molecule has 46 heavy (non-hydrogen) atoms. The number of nitrogens with zero attached hydrogens (tertiary/aromatic N) is 4. The number of rotatable bonds is 4. The van der Waals surface area contributed by atoms with Crippen LogP contribution in [0.25, 0.3) is 72.8 Å². The van der Waals surface area contributed by atoms with E-state index < -0.39 is 0 Å². The standard InChI is InChI=1S/C42H30N4/c1-42(2)33-21-13-12-20-31(33)37-34(42)24-25-35-38(37)32-23-22-30(27-14-6-3-7-15-27)26-36(32)46(35)41-44-39(28-16-8-4-9-17-28)43-40(45-41)29-18-10-5-11-19-29/h3-26H,1-2H3. The van der Waals surface area contributed by atoms with Crippen molar-refractivity contribution >= 4 is 21.8 Å². The van der Waals surface area contributed by atoms with E-state index in [9.17, 15) is 0 Å². The summed E-state index contributed by atoms with van der Waals surface area (Å²) in [5.74, 6) is 1.89. The summed E-state index contributed by atoms with van der Waals surface area (Å²) in [5, 5.41) is 2.41. The summed E-state index contributed by atoms with van der Waals surface area (Å²) in [6.45, 7) is 4.67. The van der Waals surface area contributed by atoms with Crippen molar-refractivity contribution in [1.82, 2.24) is 19.5 Å². The van der Waals surface area contributed by atoms with Gasteiger partial charge in [0.2, 0.25) is 5.95 Å². The predicted octanol–water partition coefficient (Wildman–Crippen LogP) is 10.3. The lowest BCUT2D eigenvalue weighted by Crippen LogP contribution is -2.14. The van der Waals surface area contributed by atoms with Gasteiger partial charge in [-0.2, -0.15) is 9.97 Å². The Morgan fingerprint density at radius 2 is 1.07 bits per heavy atom. The lowest BCUT2D eigenvalue weighted by atomic mass is 9.82. The highest BCUT2D eigenvalue weighted by atomic mass is 15.2. The van der Waals surface area contributed by atoms with Gasteiger partial charge in [-0.15, -0.1) is 0 Å². The largest absolute Gasteiger partial charge is 0.278 e. The number of aromatic nitrogens is 4. The van der Waals surface area contributed by atoms with Crippen molar-refractivity contribution in [2.75, 3.05) is 0 Å². The minimum absolute atomic E-state index is 0.105. The summed E-state index contributed by atoms with van der Waals surface area (Å²) in [5.41, 5.74) is 11.6. The van der Waals surface area contributed by atoms with E-state index in [1.165, 1.54) is 38.6 Å². The van der Waals surface area contributed by atoms with Crippen molar-refractivity contribution in [3.05, 3.63) is 157 Å². The molecule has 0 bridgehead atoms. The minimum Gasteiger partial charge on any atom is -0.278 e. The van der Waals surface area contributed by atoms with Gasteiger partial charge in [-0.3, -0.25) is 4.57 Å². The molecule has 0 saturated heterocycles. The molecule has 0 unspecified atom stereocenters. The average molecular weight is 591 g/mol. The van der Waals surface area contributed by atoms with Crippen LogP contribution in [-0.4, -0.2) is 19.5 Å². The number of benzene rings is 6. The van der Waals surface area contributed by atoms with Crippen molar-refractivity contribution in [1.29, 1.82) is 0 Å². The zero-order valence-corrected chi connectivity index (χ0v) is 25.6. The van der Waals surface area contributed by atoms with Gasteiger partial charge < -0.3 is 0 Å². The van der Waals surface area contributed by atoms with Gasteiger partial charge >= 0.3 is 0 Å². The van der Waals surface area contributed by atoms with Crippen LogP contribution in [0.3, 0.4) is 0 Å². The number of hydrogen-bond donors (Lipinski definition) is 0. The van der Waals surface area contributed by atoms with Crippen LogP contribution >= 0.6 is 0 Å². The van der Waals surface area contributed by atoms with E-state index in [0.29, 0.717) is 17.6 Å². The second-order valence-electron chi connectivity index (χ2n) is 12.5. The maximum Gasteiger partial charge on any atom is 0.238 e. The Labute approximate surface area is 267 Å². The zero-order valence-electron chi connectivity index (χ0n) is 25.6. The highest BCUT2D eigenvalue weighted by Crippen LogP contribution is 2.53. The summed E-state index contributed by atoms with van der Waals surface area (Å²) in [7, 11) is 0. The van der Waals surface area contributed by atoms with E-state index in [1.54, 1.807) is 0 Å². The van der Waals surface area contributed by atoms with Crippen molar-refractivity contribution in [3.63, 3.8) is 0 Å². The molecule has 8 aromatic rings. The van der Waals surface area contributed by atoms with Crippen LogP contribution in [-0.2, 0) is 5.41 Å². The van der Waals surface area contributed by atoms with Gasteiger partial charge in [0.15, 0.2) is 11.6 Å². The molecule has 0 atom stereocenters. The molecule has 0 amide bonds. The molecule has 6 aromatic carbocycles. The maximum atomic E-state index is 5.18. The molecule has 0 saturated carbocycles. The summed E-state index contributed by atoms with van der Waals surface area (Å²) < 4.78 is 2.24. The zero-order chi connectivity index (χ0) is 30.8. The Bertz CT molecular complexity index is 2370. The molecule has 0 N–H and O–H groups in total. The van der Waals surface area contributed by atoms with E-state index in [0.717, 1.165) is 27.7 Å². The van der Waals surface area contributed by atoms with Crippen molar-refractivity contribution in [2.24, 2.45) is 0 Å². The first-order valence-electron chi connectivity index (χ1n) is 15.7. The maximum absolute atomic E-state index is 5.18. The van der Waals surface area contributed by atoms with Crippen LogP contribution < -0.4 is 0 Å². The first kappa shape index (κ1) is 26.5. The summed E-state index contributed by atoms with van der Waals surface area (Å²) in [4.78, 5) is 15.3. The highest BCUT2D eigenvalue weighted by molar-refractivity contribution is 6.18. The molecule has 2 aromatic heterocycles. The fraction of sp³-hybridized carbons (Fsp3) is 0.0714. The Kier molecular flexibility index (Phi) is 5.81. The van der Waals surface area contributed by atoms with Crippen molar-refractivity contribution in [3.8, 4) is 51.0 Å². The molecule has 9 rings (SSSR count). The Hall–Kier alpha value is -5.87. The van der Waals surface area contributed by atoms with Gasteiger partial charge in [-0.25, -0.2) is 4.98 Å². The lowest BCUT2D eigenvalue weighted by Gasteiger charge is -2.21. The molecule has 0 fully saturated rings. The Morgan fingerprint density at radius 3 is 1.72 bits per heavy atom. The molecule has 218 valence electrons. The summed E-state index contributed by atoms with van der Waals surface area (Å²) in [6.07, 6.45) is 0. The molecule has 4 nitrogen and oxygen atoms in total. The quantitative estimate of drug-likeness (QED) is 0.205. The Balaban J connectivity index is 1.41. The molecule has 0 aliphatic heterocycles. The molecule has 1 aliphatic carbocycles. The van der Waals surface area contributed by atoms with Gasteiger partial charge in [0.05, 0.1) is 11.0 Å². The van der Waals surface area contributed by atoms with E-state index in [2.05, 4.69) is 128 Å². The normalized spacial score (nSPS) is 13.2. The van der Waals surface area contributed by atoms with E-state index in [1.807, 2.05) is 36.4 Å². The second-order valence-corrected chi connectivity index (χ2v) is 12.5. The van der Waals surface area contributed by atoms with Crippen molar-refractivity contribution < 1.29 is 0 Å². The van der Waals surface area contributed by atoms with Crippen LogP contribution in [0.5, 0.6) is 0 Å². The van der Waals surface area contributed by atoms with Gasteiger partial charge in [-0.05, 0) is 45.5 Å². The third kappa shape index (κ3) is 3.97. The number of hydrogen-bond acceptors (Lipinski definition) is 3. The SMILES string of the molecule is CC1(C)c2ccccc2-c2c1ccc1c2c2ccc(-c3ccccc3)cc2n1-c1nc(-c2ccccc2)nc(-c2ccccc2)n1. The van der Waals surface area contributed by atoms with Crippen LogP contribution in [0.2, 0.25) is 0 Å². The van der Waals surface area contributed by atoms with E-state index >= 15 is 0 Å². The summed E-state index contributed by atoms with van der Waals surface area (Å²) in [6, 6.07) is 51.1. The summed E-state index contributed by atoms with van der Waals surface area (Å²) >= 11 is 0. The fourth-order valence-corrected chi connectivity index (χ4v) is 7.22. The predicted molar refractivity (Wildman–Crippen MR) is 188 cm³/mol. The van der Waals surface area contributed by atoms with Gasteiger partial charge in [0, 0.05) is 27.3 Å². The molecule has 4 heteroatoms. The van der Waals surface area contributed by atoms with Crippen molar-refractivity contribution in [2.45, 2.75) is 19.3 Å². The van der Waals surface area contributed by atoms with Gasteiger partial charge in [0.1, 0.15) is 0 Å². The monoisotopic (exact) mass is 590 g/mol. The molecule has 0 radical (unpaired) electrons. The topological polar surface area (TPSA) is 43.6 Å². The van der Waals surface area contributed by atoms with Crippen LogP contribution in [0.4, 0.5) is 0 Å². The first-order chi connectivity index (χ1) is 22.6. The smallest absolute Gasteiger partial charge is 0.238 e. The minimum atomic E-state index is -0.105. The third-order valence-corrected chi connectivity index (χ3v) is 9.47. The second kappa shape index (κ2) is 10.1. The van der Waals surface area contributed by atoms with Gasteiger partial charge in [0.25, 0.3) is 0 Å². The van der Waals surface area contributed by atoms with Gasteiger partial charge in [-0.1, -0.05) is 147 Å². The third-order valence-electron chi connectivity index (χ3n) is 9.47. The molecular formula is C42H30N4. The van der Waals surface area contributed by atoms with Crippen LogP contribution in [0, 0.1) is 0 Å². The number of fused-ring (bicyclic) bond motifs is 7. The fourth-order valence-electron chi connectivity index (χ4n) is 7.22.